The lowest BCUT2D eigenvalue weighted by molar-refractivity contribution is -0.133. The maximum absolute atomic E-state index is 13.6. The van der Waals surface area contributed by atoms with Gasteiger partial charge in [-0.3, -0.25) is 9.59 Å². The maximum atomic E-state index is 13.6. The summed E-state index contributed by atoms with van der Waals surface area (Å²) in [4.78, 5) is 36.6. The topological polar surface area (TPSA) is 66.5 Å². The first-order chi connectivity index (χ1) is 11.4. The van der Waals surface area contributed by atoms with Crippen LogP contribution in [-0.2, 0) is 9.59 Å². The van der Waals surface area contributed by atoms with E-state index in [-0.39, 0.29) is 36.1 Å². The molecule has 1 heterocycles. The Balaban J connectivity index is 1.83. The number of benzene rings is 1. The van der Waals surface area contributed by atoms with Gasteiger partial charge in [0.2, 0.25) is 5.91 Å². The SMILES string of the molecule is CC(=O)CCC(=O)N1CCC(NC(=O)c2ccc(F)cc2F)CC1. The van der Waals surface area contributed by atoms with E-state index in [0.29, 0.717) is 32.0 Å². The Hall–Kier alpha value is -2.31. The lowest BCUT2D eigenvalue weighted by Gasteiger charge is -2.32. The van der Waals surface area contributed by atoms with Gasteiger partial charge in [-0.2, -0.15) is 0 Å². The van der Waals surface area contributed by atoms with Gasteiger partial charge in [-0.25, -0.2) is 8.78 Å². The molecular weight excluding hydrogens is 318 g/mol. The molecule has 2 amide bonds. The normalized spacial score (nSPS) is 15.2. The molecule has 1 aromatic rings. The van der Waals surface area contributed by atoms with Crippen LogP contribution < -0.4 is 5.32 Å². The average molecular weight is 338 g/mol. The van der Waals surface area contributed by atoms with Gasteiger partial charge in [0.15, 0.2) is 0 Å². The Morgan fingerprint density at radius 3 is 2.42 bits per heavy atom. The van der Waals surface area contributed by atoms with E-state index in [2.05, 4.69) is 5.32 Å². The number of halogens is 2. The number of hydrogen-bond donors (Lipinski definition) is 1. The van der Waals surface area contributed by atoms with Gasteiger partial charge in [0.25, 0.3) is 5.91 Å². The predicted octanol–water partition coefficient (Wildman–Crippen LogP) is 2.05. The molecule has 5 nitrogen and oxygen atoms in total. The molecule has 1 aromatic carbocycles. The second-order valence-corrected chi connectivity index (χ2v) is 5.95. The van der Waals surface area contributed by atoms with Gasteiger partial charge < -0.3 is 15.0 Å². The summed E-state index contributed by atoms with van der Waals surface area (Å²) in [5.74, 6) is -2.31. The van der Waals surface area contributed by atoms with Crippen molar-refractivity contribution in [2.24, 2.45) is 0 Å². The Labute approximate surface area is 139 Å². The molecule has 1 saturated heterocycles. The van der Waals surface area contributed by atoms with Gasteiger partial charge in [0.05, 0.1) is 5.56 Å². The van der Waals surface area contributed by atoms with Crippen LogP contribution in [0.4, 0.5) is 8.78 Å². The Kier molecular flexibility index (Phi) is 6.00. The van der Waals surface area contributed by atoms with E-state index in [0.717, 1.165) is 12.1 Å². The molecule has 24 heavy (non-hydrogen) atoms. The smallest absolute Gasteiger partial charge is 0.254 e. The quantitative estimate of drug-likeness (QED) is 0.894. The fourth-order valence-corrected chi connectivity index (χ4v) is 2.65. The molecule has 1 N–H and O–H groups in total. The van der Waals surface area contributed by atoms with Crippen molar-refractivity contribution >= 4 is 17.6 Å². The largest absolute Gasteiger partial charge is 0.349 e. The fourth-order valence-electron chi connectivity index (χ4n) is 2.65. The van der Waals surface area contributed by atoms with E-state index in [9.17, 15) is 23.2 Å². The van der Waals surface area contributed by atoms with Crippen molar-refractivity contribution in [1.29, 1.82) is 0 Å². The first-order valence-corrected chi connectivity index (χ1v) is 7.90. The number of piperidine rings is 1. The lowest BCUT2D eigenvalue weighted by Crippen LogP contribution is -2.46. The zero-order valence-electron chi connectivity index (χ0n) is 13.5. The van der Waals surface area contributed by atoms with Gasteiger partial charge >= 0.3 is 0 Å². The van der Waals surface area contributed by atoms with Crippen molar-refractivity contribution < 1.29 is 23.2 Å². The van der Waals surface area contributed by atoms with Crippen molar-refractivity contribution in [1.82, 2.24) is 10.2 Å². The first-order valence-electron chi connectivity index (χ1n) is 7.90. The Morgan fingerprint density at radius 1 is 1.17 bits per heavy atom. The molecule has 0 aromatic heterocycles. The van der Waals surface area contributed by atoms with E-state index in [1.807, 2.05) is 0 Å². The number of carbonyl (C=O) groups is 3. The number of nitrogens with one attached hydrogen (secondary N) is 1. The van der Waals surface area contributed by atoms with Crippen molar-refractivity contribution in [3.05, 3.63) is 35.4 Å². The number of likely N-dealkylation sites (tertiary alicyclic amines) is 1. The molecule has 0 bridgehead atoms. The highest BCUT2D eigenvalue weighted by atomic mass is 19.1. The van der Waals surface area contributed by atoms with E-state index < -0.39 is 17.5 Å². The van der Waals surface area contributed by atoms with E-state index in [4.69, 9.17) is 0 Å². The number of carbonyl (C=O) groups excluding carboxylic acids is 3. The van der Waals surface area contributed by atoms with Crippen LogP contribution in [-0.4, -0.2) is 41.6 Å². The van der Waals surface area contributed by atoms with Crippen LogP contribution in [0.5, 0.6) is 0 Å². The Bertz CT molecular complexity index is 641. The lowest BCUT2D eigenvalue weighted by atomic mass is 10.0. The second-order valence-electron chi connectivity index (χ2n) is 5.95. The number of nitrogens with zero attached hydrogens (tertiary/aromatic N) is 1. The predicted molar refractivity (Wildman–Crippen MR) is 83.3 cm³/mol. The summed E-state index contributed by atoms with van der Waals surface area (Å²) < 4.78 is 26.5. The van der Waals surface area contributed by atoms with E-state index in [1.54, 1.807) is 4.90 Å². The molecule has 0 aliphatic carbocycles. The molecule has 2 rings (SSSR count). The number of rotatable bonds is 5. The standard InChI is InChI=1S/C17H20F2N2O3/c1-11(22)2-5-16(23)21-8-6-13(7-9-21)20-17(24)14-4-3-12(18)10-15(14)19/h3-4,10,13H,2,5-9H2,1H3,(H,20,24). The molecule has 0 spiro atoms. The average Bonchev–Trinajstić information content (AvgIpc) is 2.53. The van der Waals surface area contributed by atoms with Crippen LogP contribution in [0.3, 0.4) is 0 Å². The van der Waals surface area contributed by atoms with Gasteiger partial charge in [0.1, 0.15) is 17.4 Å². The van der Waals surface area contributed by atoms with Crippen molar-refractivity contribution in [2.75, 3.05) is 13.1 Å². The third kappa shape index (κ3) is 4.84. The first kappa shape index (κ1) is 18.0. The molecule has 1 fully saturated rings. The molecular formula is C17H20F2N2O3. The van der Waals surface area contributed by atoms with Crippen LogP contribution in [0.15, 0.2) is 18.2 Å². The molecule has 130 valence electrons. The summed E-state index contributed by atoms with van der Waals surface area (Å²) >= 11 is 0. The summed E-state index contributed by atoms with van der Waals surface area (Å²) in [6, 6.07) is 2.65. The van der Waals surface area contributed by atoms with Gasteiger partial charge in [-0.05, 0) is 31.9 Å². The number of Topliss-reactive ketones (excluding diaryl/α,β-unsaturated/α-hetero) is 1. The van der Waals surface area contributed by atoms with E-state index >= 15 is 0 Å². The minimum atomic E-state index is -0.899. The highest BCUT2D eigenvalue weighted by Gasteiger charge is 2.24. The third-order valence-electron chi connectivity index (χ3n) is 4.05. The van der Waals surface area contributed by atoms with Crippen LogP contribution in [0, 0.1) is 11.6 Å². The minimum absolute atomic E-state index is 0.0215. The number of ketones is 1. The van der Waals surface area contributed by atoms with Crippen LogP contribution in [0.1, 0.15) is 43.0 Å². The number of amides is 2. The van der Waals surface area contributed by atoms with Crippen molar-refractivity contribution in [3.63, 3.8) is 0 Å². The molecule has 1 aliphatic heterocycles. The monoisotopic (exact) mass is 338 g/mol. The zero-order valence-corrected chi connectivity index (χ0v) is 13.5. The molecule has 0 unspecified atom stereocenters. The summed E-state index contributed by atoms with van der Waals surface area (Å²) in [5, 5.41) is 2.71. The summed E-state index contributed by atoms with van der Waals surface area (Å²) in [6.07, 6.45) is 1.55. The molecule has 1 aliphatic rings. The Morgan fingerprint density at radius 2 is 1.83 bits per heavy atom. The van der Waals surface area contributed by atoms with Crippen LogP contribution in [0.2, 0.25) is 0 Å². The molecule has 0 atom stereocenters. The van der Waals surface area contributed by atoms with E-state index in [1.165, 1.54) is 6.92 Å². The van der Waals surface area contributed by atoms with Gasteiger partial charge in [-0.15, -0.1) is 0 Å². The minimum Gasteiger partial charge on any atom is -0.349 e. The zero-order chi connectivity index (χ0) is 17.7. The van der Waals surface area contributed by atoms with Gasteiger partial charge in [0, 0.05) is 38.0 Å². The van der Waals surface area contributed by atoms with Crippen molar-refractivity contribution in [2.45, 2.75) is 38.6 Å². The second kappa shape index (κ2) is 7.99. The van der Waals surface area contributed by atoms with Crippen molar-refractivity contribution in [3.8, 4) is 0 Å². The fraction of sp³-hybridized carbons (Fsp3) is 0.471. The summed E-state index contributed by atoms with van der Waals surface area (Å²) in [5.41, 5.74) is -0.198. The third-order valence-corrected chi connectivity index (χ3v) is 4.05. The molecule has 0 radical (unpaired) electrons. The summed E-state index contributed by atoms with van der Waals surface area (Å²) in [7, 11) is 0. The highest BCUT2D eigenvalue weighted by Crippen LogP contribution is 2.14. The number of hydrogen-bond acceptors (Lipinski definition) is 3. The highest BCUT2D eigenvalue weighted by molar-refractivity contribution is 5.94. The maximum Gasteiger partial charge on any atom is 0.254 e. The van der Waals surface area contributed by atoms with Gasteiger partial charge in [-0.1, -0.05) is 0 Å². The molecule has 7 heteroatoms. The summed E-state index contributed by atoms with van der Waals surface area (Å²) in [6.45, 7) is 2.41. The molecule has 0 saturated carbocycles. The van der Waals surface area contributed by atoms with Crippen LogP contribution in [0.25, 0.3) is 0 Å². The van der Waals surface area contributed by atoms with Crippen LogP contribution >= 0.6 is 0 Å².